The van der Waals surface area contributed by atoms with E-state index in [0.717, 1.165) is 31.0 Å². The predicted octanol–water partition coefficient (Wildman–Crippen LogP) is 3.31. The molecule has 0 N–H and O–H groups in total. The molecule has 0 saturated carbocycles. The van der Waals surface area contributed by atoms with Crippen LogP contribution in [0.2, 0.25) is 0 Å². The first-order valence-corrected chi connectivity index (χ1v) is 8.77. The second-order valence-electron chi connectivity index (χ2n) is 6.42. The summed E-state index contributed by atoms with van der Waals surface area (Å²) in [7, 11) is 0. The molecule has 3 aromatic rings. The SMILES string of the molecule is CCCN1Cc2cnc(C)n2C=C1Cn1ccnc1-c1ncccc1F. The molecule has 7 heteroatoms. The van der Waals surface area contributed by atoms with Gasteiger partial charge in [-0.15, -0.1) is 0 Å². The zero-order chi connectivity index (χ0) is 18.1. The van der Waals surface area contributed by atoms with Gasteiger partial charge in [-0.25, -0.2) is 19.3 Å². The van der Waals surface area contributed by atoms with Crippen molar-refractivity contribution >= 4 is 6.20 Å². The summed E-state index contributed by atoms with van der Waals surface area (Å²) in [5.74, 6) is 1.14. The van der Waals surface area contributed by atoms with Gasteiger partial charge in [0.25, 0.3) is 0 Å². The first kappa shape index (κ1) is 16.5. The van der Waals surface area contributed by atoms with Crippen LogP contribution < -0.4 is 0 Å². The highest BCUT2D eigenvalue weighted by atomic mass is 19.1. The van der Waals surface area contributed by atoms with Crippen molar-refractivity contribution in [1.82, 2.24) is 29.0 Å². The van der Waals surface area contributed by atoms with Gasteiger partial charge in [0.2, 0.25) is 0 Å². The minimum Gasteiger partial charge on any atom is -0.366 e. The molecule has 1 aliphatic heterocycles. The normalized spacial score (nSPS) is 13.7. The van der Waals surface area contributed by atoms with Gasteiger partial charge in [0, 0.05) is 31.3 Å². The minimum absolute atomic E-state index is 0.274. The number of rotatable bonds is 5. The standard InChI is InChI=1S/C19H21FN6/c1-3-8-24-11-15-10-23-14(2)26(15)13-16(24)12-25-9-7-22-19(25)18-17(20)5-4-6-21-18/h4-7,9-10,13H,3,8,11-12H2,1-2H3. The Labute approximate surface area is 151 Å². The Morgan fingerprint density at radius 1 is 1.19 bits per heavy atom. The van der Waals surface area contributed by atoms with Gasteiger partial charge in [0.05, 0.1) is 30.7 Å². The molecule has 0 unspecified atom stereocenters. The summed E-state index contributed by atoms with van der Waals surface area (Å²) in [4.78, 5) is 15.3. The number of imidazole rings is 2. The molecule has 26 heavy (non-hydrogen) atoms. The molecule has 4 rings (SSSR count). The van der Waals surface area contributed by atoms with Crippen LogP contribution in [-0.4, -0.2) is 35.5 Å². The van der Waals surface area contributed by atoms with E-state index in [-0.39, 0.29) is 11.5 Å². The maximum atomic E-state index is 14.2. The quantitative estimate of drug-likeness (QED) is 0.707. The summed E-state index contributed by atoms with van der Waals surface area (Å²) in [6.07, 6.45) is 10.2. The van der Waals surface area contributed by atoms with Crippen LogP contribution in [0.25, 0.3) is 17.7 Å². The van der Waals surface area contributed by atoms with Gasteiger partial charge >= 0.3 is 0 Å². The molecule has 0 amide bonds. The van der Waals surface area contributed by atoms with Crippen molar-refractivity contribution in [2.24, 2.45) is 0 Å². The number of hydrogen-bond acceptors (Lipinski definition) is 4. The second-order valence-corrected chi connectivity index (χ2v) is 6.42. The average Bonchev–Trinajstić information content (AvgIpc) is 3.23. The van der Waals surface area contributed by atoms with Crippen molar-refractivity contribution in [2.45, 2.75) is 33.4 Å². The Bertz CT molecular complexity index is 955. The van der Waals surface area contributed by atoms with Crippen molar-refractivity contribution in [3.05, 3.63) is 60.0 Å². The van der Waals surface area contributed by atoms with Crippen LogP contribution >= 0.6 is 0 Å². The predicted molar refractivity (Wildman–Crippen MR) is 97.4 cm³/mol. The van der Waals surface area contributed by atoms with Gasteiger partial charge in [0.15, 0.2) is 11.6 Å². The molecule has 0 aliphatic carbocycles. The molecule has 134 valence electrons. The van der Waals surface area contributed by atoms with E-state index in [1.54, 1.807) is 18.5 Å². The summed E-state index contributed by atoms with van der Waals surface area (Å²) < 4.78 is 18.2. The smallest absolute Gasteiger partial charge is 0.162 e. The number of fused-ring (bicyclic) bond motifs is 1. The van der Waals surface area contributed by atoms with Gasteiger partial charge in [-0.05, 0) is 25.5 Å². The van der Waals surface area contributed by atoms with Crippen LogP contribution in [0.5, 0.6) is 0 Å². The molecule has 1 aliphatic rings. The van der Waals surface area contributed by atoms with Crippen LogP contribution in [0.1, 0.15) is 24.9 Å². The molecular formula is C19H21FN6. The second kappa shape index (κ2) is 6.74. The summed E-state index contributed by atoms with van der Waals surface area (Å²) >= 11 is 0. The lowest BCUT2D eigenvalue weighted by Crippen LogP contribution is -2.30. The third-order valence-electron chi connectivity index (χ3n) is 4.61. The van der Waals surface area contributed by atoms with Crippen LogP contribution in [0.4, 0.5) is 4.39 Å². The third kappa shape index (κ3) is 2.89. The molecule has 0 saturated heterocycles. The van der Waals surface area contributed by atoms with Crippen LogP contribution in [0.15, 0.2) is 42.6 Å². The highest BCUT2D eigenvalue weighted by Gasteiger charge is 2.21. The van der Waals surface area contributed by atoms with Gasteiger partial charge in [0.1, 0.15) is 11.5 Å². The van der Waals surface area contributed by atoms with Crippen molar-refractivity contribution < 1.29 is 4.39 Å². The van der Waals surface area contributed by atoms with Gasteiger partial charge in [-0.2, -0.15) is 0 Å². The maximum absolute atomic E-state index is 14.2. The molecule has 4 heterocycles. The van der Waals surface area contributed by atoms with E-state index in [9.17, 15) is 4.39 Å². The monoisotopic (exact) mass is 352 g/mol. The van der Waals surface area contributed by atoms with Crippen molar-refractivity contribution in [3.63, 3.8) is 0 Å². The van der Waals surface area contributed by atoms with Crippen LogP contribution in [0.3, 0.4) is 0 Å². The molecule has 0 radical (unpaired) electrons. The zero-order valence-electron chi connectivity index (χ0n) is 14.9. The van der Waals surface area contributed by atoms with Crippen molar-refractivity contribution in [2.75, 3.05) is 6.54 Å². The molecule has 0 bridgehead atoms. The zero-order valence-corrected chi connectivity index (χ0v) is 14.9. The first-order valence-electron chi connectivity index (χ1n) is 8.77. The Hall–Kier alpha value is -2.96. The Balaban J connectivity index is 1.70. The molecule has 6 nitrogen and oxygen atoms in total. The number of aromatic nitrogens is 5. The van der Waals surface area contributed by atoms with E-state index >= 15 is 0 Å². The fourth-order valence-electron chi connectivity index (χ4n) is 3.33. The van der Waals surface area contributed by atoms with Crippen LogP contribution in [0, 0.1) is 12.7 Å². The van der Waals surface area contributed by atoms with Gasteiger partial charge in [-0.1, -0.05) is 6.92 Å². The minimum atomic E-state index is -0.365. The third-order valence-corrected chi connectivity index (χ3v) is 4.61. The van der Waals surface area contributed by atoms with E-state index in [0.29, 0.717) is 12.4 Å². The van der Waals surface area contributed by atoms with E-state index < -0.39 is 0 Å². The van der Waals surface area contributed by atoms with Gasteiger partial charge < -0.3 is 14.0 Å². The molecular weight excluding hydrogens is 331 g/mol. The van der Waals surface area contributed by atoms with E-state index in [2.05, 4.69) is 37.5 Å². The van der Waals surface area contributed by atoms with Crippen LogP contribution in [-0.2, 0) is 13.1 Å². The average molecular weight is 352 g/mol. The lowest BCUT2D eigenvalue weighted by Gasteiger charge is -2.31. The Kier molecular flexibility index (Phi) is 4.28. The van der Waals surface area contributed by atoms with Crippen molar-refractivity contribution in [3.8, 4) is 11.5 Å². The highest BCUT2D eigenvalue weighted by Crippen LogP contribution is 2.25. The summed E-state index contributed by atoms with van der Waals surface area (Å²) in [5.41, 5.74) is 2.60. The summed E-state index contributed by atoms with van der Waals surface area (Å²) in [5, 5.41) is 0. The fraction of sp³-hybridized carbons (Fsp3) is 0.316. The van der Waals surface area contributed by atoms with E-state index in [1.807, 2.05) is 23.9 Å². The number of nitrogens with zero attached hydrogens (tertiary/aromatic N) is 6. The molecule has 0 fully saturated rings. The first-order chi connectivity index (χ1) is 12.7. The Morgan fingerprint density at radius 3 is 2.88 bits per heavy atom. The van der Waals surface area contributed by atoms with E-state index in [4.69, 9.17) is 0 Å². The lowest BCUT2D eigenvalue weighted by atomic mass is 10.2. The number of halogens is 1. The number of pyridine rings is 1. The Morgan fingerprint density at radius 2 is 2.08 bits per heavy atom. The maximum Gasteiger partial charge on any atom is 0.162 e. The van der Waals surface area contributed by atoms with E-state index in [1.165, 1.54) is 11.8 Å². The molecule has 0 atom stereocenters. The number of hydrogen-bond donors (Lipinski definition) is 0. The highest BCUT2D eigenvalue weighted by molar-refractivity contribution is 5.51. The fourth-order valence-corrected chi connectivity index (χ4v) is 3.33. The number of aryl methyl sites for hydroxylation is 1. The molecule has 0 spiro atoms. The van der Waals surface area contributed by atoms with Crippen molar-refractivity contribution in [1.29, 1.82) is 0 Å². The number of allylic oxidation sites excluding steroid dienone is 1. The molecule has 3 aromatic heterocycles. The topological polar surface area (TPSA) is 51.8 Å². The molecule has 0 aromatic carbocycles. The summed E-state index contributed by atoms with van der Waals surface area (Å²) in [6.45, 7) is 6.54. The largest absolute Gasteiger partial charge is 0.366 e. The lowest BCUT2D eigenvalue weighted by molar-refractivity contribution is 0.307. The van der Waals surface area contributed by atoms with Gasteiger partial charge in [-0.3, -0.25) is 0 Å². The summed E-state index contributed by atoms with van der Waals surface area (Å²) in [6, 6.07) is 2.99.